The first-order valence-electron chi connectivity index (χ1n) is 6.87. The van der Waals surface area contributed by atoms with Crippen LogP contribution < -0.4 is 10.1 Å². The smallest absolute Gasteiger partial charge is 0.264 e. The first kappa shape index (κ1) is 16.1. The zero-order valence-electron chi connectivity index (χ0n) is 12.4. The van der Waals surface area contributed by atoms with E-state index in [1.807, 2.05) is 0 Å². The fourth-order valence-electron chi connectivity index (χ4n) is 1.74. The number of carbonyl (C=O) groups excluding carboxylic acids is 2. The largest absolute Gasteiger partial charge is 0.483 e. The third-order valence-corrected chi connectivity index (χ3v) is 3.56. The molecule has 0 aliphatic carbocycles. The number of hydrogen-bond acceptors (Lipinski definition) is 6. The van der Waals surface area contributed by atoms with Crippen molar-refractivity contribution in [2.45, 2.75) is 20.3 Å². The summed E-state index contributed by atoms with van der Waals surface area (Å²) in [6.07, 6.45) is 1.52. The van der Waals surface area contributed by atoms with Gasteiger partial charge in [-0.2, -0.15) is 0 Å². The van der Waals surface area contributed by atoms with Gasteiger partial charge in [-0.3, -0.25) is 14.9 Å². The van der Waals surface area contributed by atoms with Gasteiger partial charge in [0.15, 0.2) is 12.9 Å². The van der Waals surface area contributed by atoms with E-state index in [-0.39, 0.29) is 12.5 Å². The number of nitrogens with one attached hydrogen (secondary N) is 1. The summed E-state index contributed by atoms with van der Waals surface area (Å²) in [7, 11) is 0. The molecule has 0 atom stereocenters. The molecule has 22 heavy (non-hydrogen) atoms. The Balaban J connectivity index is 1.87. The summed E-state index contributed by atoms with van der Waals surface area (Å²) in [6.45, 7) is 4.00. The number of aromatic nitrogens is 2. The minimum Gasteiger partial charge on any atom is -0.483 e. The van der Waals surface area contributed by atoms with Gasteiger partial charge >= 0.3 is 0 Å². The maximum atomic E-state index is 11.8. The van der Waals surface area contributed by atoms with Gasteiger partial charge in [0, 0.05) is 6.42 Å². The van der Waals surface area contributed by atoms with Crippen LogP contribution in [0.3, 0.4) is 0 Å². The van der Waals surface area contributed by atoms with E-state index in [0.717, 1.165) is 11.4 Å². The second-order valence-electron chi connectivity index (χ2n) is 5.09. The fourth-order valence-corrected chi connectivity index (χ4v) is 2.71. The van der Waals surface area contributed by atoms with Gasteiger partial charge in [0.05, 0.1) is 5.56 Å². The van der Waals surface area contributed by atoms with Crippen molar-refractivity contribution in [3.05, 3.63) is 34.8 Å². The first-order chi connectivity index (χ1) is 10.6. The van der Waals surface area contributed by atoms with Crippen LogP contribution in [0.15, 0.2) is 24.3 Å². The van der Waals surface area contributed by atoms with Crippen LogP contribution in [0.4, 0.5) is 5.13 Å². The van der Waals surface area contributed by atoms with Crippen LogP contribution in [0.2, 0.25) is 0 Å². The summed E-state index contributed by atoms with van der Waals surface area (Å²) >= 11 is 1.35. The Morgan fingerprint density at radius 3 is 2.86 bits per heavy atom. The summed E-state index contributed by atoms with van der Waals surface area (Å²) < 4.78 is 5.35. The molecule has 1 aromatic heterocycles. The quantitative estimate of drug-likeness (QED) is 0.793. The molecule has 1 amide bonds. The number of rotatable bonds is 7. The van der Waals surface area contributed by atoms with Crippen molar-refractivity contribution >= 4 is 28.7 Å². The zero-order chi connectivity index (χ0) is 15.9. The molecule has 0 aliphatic rings. The number of carbonyl (C=O) groups is 2. The monoisotopic (exact) mass is 319 g/mol. The van der Waals surface area contributed by atoms with Crippen LogP contribution >= 0.6 is 11.3 Å². The van der Waals surface area contributed by atoms with Crippen molar-refractivity contribution < 1.29 is 14.3 Å². The Morgan fingerprint density at radius 2 is 2.14 bits per heavy atom. The number of amides is 1. The van der Waals surface area contributed by atoms with E-state index in [9.17, 15) is 9.59 Å². The van der Waals surface area contributed by atoms with E-state index in [1.54, 1.807) is 24.3 Å². The van der Waals surface area contributed by atoms with Crippen LogP contribution in [0.5, 0.6) is 5.75 Å². The summed E-state index contributed by atoms with van der Waals surface area (Å²) in [5, 5.41) is 11.9. The Labute approximate surface area is 132 Å². The predicted molar refractivity (Wildman–Crippen MR) is 84.4 cm³/mol. The standard InChI is InChI=1S/C15H17N3O3S/c1-10(2)7-14-17-18-15(22-14)16-13(20)9-21-12-6-4-3-5-11(12)8-19/h3-6,8,10H,7,9H2,1-2H3,(H,16,18,20). The molecular formula is C15H17N3O3S. The zero-order valence-corrected chi connectivity index (χ0v) is 13.2. The van der Waals surface area contributed by atoms with E-state index in [1.165, 1.54) is 11.3 Å². The highest BCUT2D eigenvalue weighted by atomic mass is 32.1. The van der Waals surface area contributed by atoms with E-state index >= 15 is 0 Å². The number of aldehydes is 1. The molecule has 0 saturated carbocycles. The molecule has 2 rings (SSSR count). The molecular weight excluding hydrogens is 302 g/mol. The fraction of sp³-hybridized carbons (Fsp3) is 0.333. The lowest BCUT2D eigenvalue weighted by atomic mass is 10.1. The van der Waals surface area contributed by atoms with Gasteiger partial charge in [0.25, 0.3) is 5.91 Å². The minimum absolute atomic E-state index is 0.191. The highest BCUT2D eigenvalue weighted by Crippen LogP contribution is 2.19. The summed E-state index contributed by atoms with van der Waals surface area (Å²) in [5.74, 6) is 0.526. The summed E-state index contributed by atoms with van der Waals surface area (Å²) in [6, 6.07) is 6.74. The minimum atomic E-state index is -0.340. The van der Waals surface area contributed by atoms with Gasteiger partial charge in [-0.1, -0.05) is 37.3 Å². The number of hydrogen-bond donors (Lipinski definition) is 1. The molecule has 0 bridgehead atoms. The van der Waals surface area contributed by atoms with Crippen LogP contribution in [-0.4, -0.2) is 29.0 Å². The third-order valence-electron chi connectivity index (χ3n) is 2.70. The molecule has 6 nitrogen and oxygen atoms in total. The lowest BCUT2D eigenvalue weighted by Crippen LogP contribution is -2.20. The number of para-hydroxylation sites is 1. The molecule has 0 fully saturated rings. The van der Waals surface area contributed by atoms with Crippen molar-refractivity contribution in [2.75, 3.05) is 11.9 Å². The Hall–Kier alpha value is -2.28. The SMILES string of the molecule is CC(C)Cc1nnc(NC(=O)COc2ccccc2C=O)s1. The first-order valence-corrected chi connectivity index (χ1v) is 7.69. The van der Waals surface area contributed by atoms with Gasteiger partial charge < -0.3 is 4.74 Å². The average Bonchev–Trinajstić information content (AvgIpc) is 2.91. The van der Waals surface area contributed by atoms with Gasteiger partial charge in [-0.15, -0.1) is 10.2 Å². The topological polar surface area (TPSA) is 81.2 Å². The second-order valence-corrected chi connectivity index (χ2v) is 6.15. The van der Waals surface area contributed by atoms with Crippen molar-refractivity contribution in [1.82, 2.24) is 10.2 Å². The lowest BCUT2D eigenvalue weighted by molar-refractivity contribution is -0.118. The van der Waals surface area contributed by atoms with Crippen LogP contribution in [0, 0.1) is 5.92 Å². The van der Waals surface area contributed by atoms with Gasteiger partial charge in [0.2, 0.25) is 5.13 Å². The van der Waals surface area contributed by atoms with Crippen LogP contribution in [-0.2, 0) is 11.2 Å². The number of benzene rings is 1. The lowest BCUT2D eigenvalue weighted by Gasteiger charge is -2.07. The summed E-state index contributed by atoms with van der Waals surface area (Å²) in [4.78, 5) is 22.7. The molecule has 1 N–H and O–H groups in total. The number of nitrogens with zero attached hydrogens (tertiary/aromatic N) is 2. The van der Waals surface area contributed by atoms with E-state index in [0.29, 0.717) is 28.6 Å². The molecule has 7 heteroatoms. The van der Waals surface area contributed by atoms with E-state index < -0.39 is 0 Å². The van der Waals surface area contributed by atoms with Gasteiger partial charge in [-0.05, 0) is 18.1 Å². The van der Waals surface area contributed by atoms with Crippen molar-refractivity contribution in [1.29, 1.82) is 0 Å². The van der Waals surface area contributed by atoms with Crippen molar-refractivity contribution in [3.8, 4) is 5.75 Å². The highest BCUT2D eigenvalue weighted by molar-refractivity contribution is 7.15. The predicted octanol–water partition coefficient (Wildman–Crippen LogP) is 2.57. The van der Waals surface area contributed by atoms with Crippen molar-refractivity contribution in [2.24, 2.45) is 5.92 Å². The Morgan fingerprint density at radius 1 is 1.36 bits per heavy atom. The molecule has 1 heterocycles. The normalized spacial score (nSPS) is 10.5. The molecule has 0 aliphatic heterocycles. The highest BCUT2D eigenvalue weighted by Gasteiger charge is 2.10. The average molecular weight is 319 g/mol. The van der Waals surface area contributed by atoms with E-state index in [2.05, 4.69) is 29.4 Å². The molecule has 0 saturated heterocycles. The maximum Gasteiger partial charge on any atom is 0.264 e. The van der Waals surface area contributed by atoms with Crippen molar-refractivity contribution in [3.63, 3.8) is 0 Å². The molecule has 2 aromatic rings. The Kier molecular flexibility index (Phi) is 5.60. The van der Waals surface area contributed by atoms with E-state index in [4.69, 9.17) is 4.74 Å². The molecule has 1 aromatic carbocycles. The third kappa shape index (κ3) is 4.63. The maximum absolute atomic E-state index is 11.8. The second kappa shape index (κ2) is 7.65. The van der Waals surface area contributed by atoms with Crippen LogP contribution in [0.25, 0.3) is 0 Å². The molecule has 0 spiro atoms. The Bertz CT molecular complexity index is 655. The van der Waals surface area contributed by atoms with Crippen LogP contribution in [0.1, 0.15) is 29.2 Å². The molecule has 116 valence electrons. The molecule has 0 unspecified atom stereocenters. The van der Waals surface area contributed by atoms with Gasteiger partial charge in [0.1, 0.15) is 10.8 Å². The number of anilines is 1. The van der Waals surface area contributed by atoms with Gasteiger partial charge in [-0.25, -0.2) is 0 Å². The molecule has 0 radical (unpaired) electrons. The number of ether oxygens (including phenoxy) is 1. The summed E-state index contributed by atoms with van der Waals surface area (Å²) in [5.41, 5.74) is 0.408.